The van der Waals surface area contributed by atoms with Crippen LogP contribution in [0, 0.1) is 5.82 Å². The van der Waals surface area contributed by atoms with Crippen molar-refractivity contribution in [3.8, 4) is 28.1 Å². The number of hydrogen-bond donors (Lipinski definition) is 1. The van der Waals surface area contributed by atoms with Crippen LogP contribution < -0.4 is 5.32 Å². The van der Waals surface area contributed by atoms with Crippen molar-refractivity contribution in [2.24, 2.45) is 0 Å². The molecular formula is C32H35FN4O2. The summed E-state index contributed by atoms with van der Waals surface area (Å²) in [6.07, 6.45) is 3.20. The Bertz CT molecular complexity index is 1400. The molecule has 6 nitrogen and oxygen atoms in total. The number of piperidine rings is 1. The molecule has 0 bridgehead atoms. The van der Waals surface area contributed by atoms with E-state index in [9.17, 15) is 4.79 Å². The van der Waals surface area contributed by atoms with Gasteiger partial charge in [0.15, 0.2) is 0 Å². The van der Waals surface area contributed by atoms with Gasteiger partial charge in [-0.15, -0.1) is 0 Å². The predicted molar refractivity (Wildman–Crippen MR) is 152 cm³/mol. The normalized spacial score (nSPS) is 14.4. The lowest BCUT2D eigenvalue weighted by molar-refractivity contribution is 0.0198. The summed E-state index contributed by atoms with van der Waals surface area (Å²) < 4.78 is 22.4. The van der Waals surface area contributed by atoms with Gasteiger partial charge in [-0.25, -0.2) is 13.9 Å². The lowest BCUT2D eigenvalue weighted by Crippen LogP contribution is -2.46. The smallest absolute Gasteiger partial charge is 0.410 e. The Morgan fingerprint density at radius 3 is 2.26 bits per heavy atom. The van der Waals surface area contributed by atoms with Crippen molar-refractivity contribution in [3.05, 3.63) is 96.4 Å². The number of nitrogens with one attached hydrogen (secondary N) is 1. The van der Waals surface area contributed by atoms with Gasteiger partial charge in [-0.1, -0.05) is 54.6 Å². The van der Waals surface area contributed by atoms with E-state index in [0.717, 1.165) is 40.9 Å². The quantitative estimate of drug-likeness (QED) is 0.299. The fourth-order valence-corrected chi connectivity index (χ4v) is 4.92. The summed E-state index contributed by atoms with van der Waals surface area (Å²) in [7, 11) is 0. The highest BCUT2D eigenvalue weighted by Crippen LogP contribution is 2.30. The standard InChI is InChI=1S/C32H35FN4O2/c1-32(2,3)39-31(38)36-19-17-26(18-20-36)34-21-25-22-35-37(30(25)28-11-7-8-12-29(28)33)27-15-13-24(14-16-27)23-9-5-4-6-10-23/h4-16,22,26,34H,17-21H2,1-3H3. The molecule has 1 N–H and O–H groups in total. The first kappa shape index (κ1) is 26.6. The van der Waals surface area contributed by atoms with Gasteiger partial charge in [-0.3, -0.25) is 0 Å². The van der Waals surface area contributed by atoms with Gasteiger partial charge in [-0.2, -0.15) is 5.10 Å². The van der Waals surface area contributed by atoms with Crippen molar-refractivity contribution in [1.82, 2.24) is 20.0 Å². The van der Waals surface area contributed by atoms with E-state index in [-0.39, 0.29) is 18.0 Å². The fraction of sp³-hybridized carbons (Fsp3) is 0.312. The second-order valence-electron chi connectivity index (χ2n) is 10.9. The van der Waals surface area contributed by atoms with E-state index in [1.165, 1.54) is 6.07 Å². The first-order valence-corrected chi connectivity index (χ1v) is 13.5. The SMILES string of the molecule is CC(C)(C)OC(=O)N1CCC(NCc2cnn(-c3ccc(-c4ccccc4)cc3)c2-c2ccccc2F)CC1. The van der Waals surface area contributed by atoms with Gasteiger partial charge >= 0.3 is 6.09 Å². The van der Waals surface area contributed by atoms with Gasteiger partial charge in [-0.05, 0) is 69.0 Å². The van der Waals surface area contributed by atoms with Gasteiger partial charge in [0.05, 0.1) is 17.6 Å². The molecule has 1 amide bonds. The van der Waals surface area contributed by atoms with Crippen LogP contribution in [0.2, 0.25) is 0 Å². The molecule has 4 aromatic rings. The van der Waals surface area contributed by atoms with Crippen molar-refractivity contribution in [3.63, 3.8) is 0 Å². The monoisotopic (exact) mass is 526 g/mol. The van der Waals surface area contributed by atoms with Gasteiger partial charge < -0.3 is 15.0 Å². The van der Waals surface area contributed by atoms with Crippen molar-refractivity contribution in [2.45, 2.75) is 51.8 Å². The minimum atomic E-state index is -0.503. The Morgan fingerprint density at radius 1 is 0.949 bits per heavy atom. The number of amides is 1. The van der Waals surface area contributed by atoms with Crippen molar-refractivity contribution in [2.75, 3.05) is 13.1 Å². The van der Waals surface area contributed by atoms with Crippen LogP contribution in [0.3, 0.4) is 0 Å². The van der Waals surface area contributed by atoms with Crippen LogP contribution in [0.15, 0.2) is 85.1 Å². The average Bonchev–Trinajstić information content (AvgIpc) is 3.36. The summed E-state index contributed by atoms with van der Waals surface area (Å²) >= 11 is 0. The molecule has 1 saturated heterocycles. The van der Waals surface area contributed by atoms with Crippen molar-refractivity contribution >= 4 is 6.09 Å². The van der Waals surface area contributed by atoms with Gasteiger partial charge in [0.2, 0.25) is 0 Å². The largest absolute Gasteiger partial charge is 0.444 e. The molecule has 0 saturated carbocycles. The molecule has 0 spiro atoms. The maximum Gasteiger partial charge on any atom is 0.410 e. The summed E-state index contributed by atoms with van der Waals surface area (Å²) in [6.45, 7) is 7.46. The maximum atomic E-state index is 15.0. The van der Waals surface area contributed by atoms with Crippen LogP contribution in [-0.2, 0) is 11.3 Å². The second kappa shape index (κ2) is 11.4. The molecule has 0 radical (unpaired) electrons. The number of rotatable bonds is 6. The summed E-state index contributed by atoms with van der Waals surface area (Å²) in [5, 5.41) is 8.30. The maximum absolute atomic E-state index is 15.0. The van der Waals surface area contributed by atoms with Crippen LogP contribution in [0.25, 0.3) is 28.1 Å². The molecule has 1 fully saturated rings. The van der Waals surface area contributed by atoms with E-state index in [1.807, 2.05) is 68.0 Å². The van der Waals surface area contributed by atoms with Crippen molar-refractivity contribution in [1.29, 1.82) is 0 Å². The minimum absolute atomic E-state index is 0.241. The molecule has 202 valence electrons. The van der Waals surface area contributed by atoms with Gasteiger partial charge in [0.1, 0.15) is 11.4 Å². The molecule has 39 heavy (non-hydrogen) atoms. The third-order valence-corrected chi connectivity index (χ3v) is 6.92. The summed E-state index contributed by atoms with van der Waals surface area (Å²) in [6, 6.07) is 25.4. The summed E-state index contributed by atoms with van der Waals surface area (Å²) in [5.74, 6) is -0.285. The number of hydrogen-bond acceptors (Lipinski definition) is 4. The highest BCUT2D eigenvalue weighted by Gasteiger charge is 2.27. The Hall–Kier alpha value is -3.97. The zero-order valence-electron chi connectivity index (χ0n) is 22.7. The molecule has 3 aromatic carbocycles. The van der Waals surface area contributed by atoms with Gasteiger partial charge in [0.25, 0.3) is 0 Å². The molecule has 0 unspecified atom stereocenters. The molecule has 5 rings (SSSR count). The van der Waals surface area contributed by atoms with Crippen LogP contribution in [0.5, 0.6) is 0 Å². The van der Waals surface area contributed by atoms with E-state index < -0.39 is 5.60 Å². The lowest BCUT2D eigenvalue weighted by atomic mass is 10.0. The first-order chi connectivity index (χ1) is 18.8. The Labute approximate surface area is 229 Å². The third kappa shape index (κ3) is 6.37. The lowest BCUT2D eigenvalue weighted by Gasteiger charge is -2.33. The van der Waals surface area contributed by atoms with E-state index in [0.29, 0.717) is 25.2 Å². The van der Waals surface area contributed by atoms with E-state index >= 15 is 4.39 Å². The molecular weight excluding hydrogens is 491 g/mol. The number of halogens is 1. The molecule has 7 heteroatoms. The van der Waals surface area contributed by atoms with Crippen LogP contribution in [-0.4, -0.2) is 45.5 Å². The van der Waals surface area contributed by atoms with E-state index in [2.05, 4.69) is 34.7 Å². The van der Waals surface area contributed by atoms with E-state index in [1.54, 1.807) is 17.0 Å². The number of carbonyl (C=O) groups is 1. The van der Waals surface area contributed by atoms with Crippen LogP contribution in [0.4, 0.5) is 9.18 Å². The highest BCUT2D eigenvalue weighted by molar-refractivity contribution is 5.69. The Kier molecular flexibility index (Phi) is 7.79. The first-order valence-electron chi connectivity index (χ1n) is 13.5. The Balaban J connectivity index is 1.33. The zero-order chi connectivity index (χ0) is 27.4. The minimum Gasteiger partial charge on any atom is -0.444 e. The average molecular weight is 527 g/mol. The number of ether oxygens (including phenoxy) is 1. The predicted octanol–water partition coefficient (Wildman–Crippen LogP) is 6.83. The summed E-state index contributed by atoms with van der Waals surface area (Å²) in [5.41, 5.74) is 4.78. The molecule has 2 heterocycles. The van der Waals surface area contributed by atoms with Crippen molar-refractivity contribution < 1.29 is 13.9 Å². The Morgan fingerprint density at radius 2 is 1.59 bits per heavy atom. The molecule has 0 atom stereocenters. The zero-order valence-corrected chi connectivity index (χ0v) is 22.7. The molecule has 1 aromatic heterocycles. The number of nitrogens with zero attached hydrogens (tertiary/aromatic N) is 3. The number of carbonyl (C=O) groups excluding carboxylic acids is 1. The van der Waals surface area contributed by atoms with Crippen LogP contribution >= 0.6 is 0 Å². The molecule has 1 aliphatic heterocycles. The second-order valence-corrected chi connectivity index (χ2v) is 10.9. The number of aromatic nitrogens is 2. The molecule has 0 aliphatic carbocycles. The van der Waals surface area contributed by atoms with Gasteiger partial charge in [0, 0.05) is 36.8 Å². The topological polar surface area (TPSA) is 59.4 Å². The number of likely N-dealkylation sites (tertiary alicyclic amines) is 1. The highest BCUT2D eigenvalue weighted by atomic mass is 19.1. The van der Waals surface area contributed by atoms with Crippen LogP contribution in [0.1, 0.15) is 39.2 Å². The number of benzene rings is 3. The third-order valence-electron chi connectivity index (χ3n) is 6.92. The van der Waals surface area contributed by atoms with E-state index in [4.69, 9.17) is 4.74 Å². The molecule has 1 aliphatic rings. The fourth-order valence-electron chi connectivity index (χ4n) is 4.92. The summed E-state index contributed by atoms with van der Waals surface area (Å²) in [4.78, 5) is 14.2.